The van der Waals surface area contributed by atoms with Crippen LogP contribution in [0.1, 0.15) is 21.5 Å². The van der Waals surface area contributed by atoms with E-state index in [9.17, 15) is 9.59 Å². The van der Waals surface area contributed by atoms with E-state index in [1.54, 1.807) is 42.5 Å². The number of nitrogens with zero attached hydrogens (tertiary/aromatic N) is 1. The minimum absolute atomic E-state index is 0.170. The lowest BCUT2D eigenvalue weighted by Crippen LogP contribution is -2.20. The van der Waals surface area contributed by atoms with Gasteiger partial charge in [0.25, 0.3) is 11.8 Å². The second-order valence-corrected chi connectivity index (χ2v) is 7.01. The molecule has 0 bridgehead atoms. The molecule has 0 atom stereocenters. The van der Waals surface area contributed by atoms with Gasteiger partial charge in [-0.25, -0.2) is 5.43 Å². The molecule has 0 aliphatic rings. The normalized spacial score (nSPS) is 10.5. The second-order valence-electron chi connectivity index (χ2n) is 7.01. The van der Waals surface area contributed by atoms with Crippen LogP contribution in [0.3, 0.4) is 0 Å². The average molecular weight is 447 g/mol. The topological polar surface area (TPSA) is 98.3 Å². The van der Waals surface area contributed by atoms with Gasteiger partial charge < -0.3 is 19.5 Å². The van der Waals surface area contributed by atoms with E-state index in [1.165, 1.54) is 20.4 Å². The highest BCUT2D eigenvalue weighted by Crippen LogP contribution is 2.27. The molecule has 8 nitrogen and oxygen atoms in total. The fourth-order valence-corrected chi connectivity index (χ4v) is 2.98. The largest absolute Gasteiger partial charge is 0.493 e. The van der Waals surface area contributed by atoms with Crippen LogP contribution in [0.2, 0.25) is 0 Å². The molecule has 0 unspecified atom stereocenters. The lowest BCUT2D eigenvalue weighted by Gasteiger charge is -2.10. The fourth-order valence-electron chi connectivity index (χ4n) is 2.98. The number of amides is 2. The van der Waals surface area contributed by atoms with Crippen LogP contribution in [-0.2, 0) is 4.79 Å². The van der Waals surface area contributed by atoms with Crippen LogP contribution in [-0.4, -0.2) is 38.9 Å². The number of hydrogen-bond donors (Lipinski definition) is 2. The van der Waals surface area contributed by atoms with Gasteiger partial charge in [0.05, 0.1) is 20.4 Å². The highest BCUT2D eigenvalue weighted by atomic mass is 16.5. The molecule has 0 aromatic heterocycles. The molecule has 0 heterocycles. The lowest BCUT2D eigenvalue weighted by atomic mass is 10.2. The number of benzene rings is 3. The number of hydrogen-bond acceptors (Lipinski definition) is 6. The van der Waals surface area contributed by atoms with Gasteiger partial charge in [0.1, 0.15) is 5.75 Å². The SMILES string of the molecule is COc1ccc(C(=O)N/N=C/c2ccccc2OCC(=O)Nc2cccc(C)c2)cc1OC. The van der Waals surface area contributed by atoms with Crippen molar-refractivity contribution in [1.29, 1.82) is 0 Å². The molecule has 0 fully saturated rings. The molecule has 0 radical (unpaired) electrons. The first-order valence-electron chi connectivity index (χ1n) is 10.1. The van der Waals surface area contributed by atoms with E-state index in [0.29, 0.717) is 34.1 Å². The third kappa shape index (κ3) is 6.57. The van der Waals surface area contributed by atoms with Crippen LogP contribution in [0.4, 0.5) is 5.69 Å². The number of nitrogens with one attached hydrogen (secondary N) is 2. The summed E-state index contributed by atoms with van der Waals surface area (Å²) < 4.78 is 16.0. The molecular formula is C25H25N3O5. The zero-order valence-electron chi connectivity index (χ0n) is 18.6. The van der Waals surface area contributed by atoms with Crippen molar-refractivity contribution >= 4 is 23.7 Å². The van der Waals surface area contributed by atoms with Gasteiger partial charge in [-0.05, 0) is 55.0 Å². The van der Waals surface area contributed by atoms with Gasteiger partial charge in [-0.2, -0.15) is 5.10 Å². The van der Waals surface area contributed by atoms with Crippen LogP contribution in [0, 0.1) is 6.92 Å². The van der Waals surface area contributed by atoms with Gasteiger partial charge in [-0.15, -0.1) is 0 Å². The number of carbonyl (C=O) groups excluding carboxylic acids is 2. The van der Waals surface area contributed by atoms with Gasteiger partial charge in [0.15, 0.2) is 18.1 Å². The maximum absolute atomic E-state index is 12.4. The third-order valence-corrected chi connectivity index (χ3v) is 4.60. The summed E-state index contributed by atoms with van der Waals surface area (Å²) >= 11 is 0. The van der Waals surface area contributed by atoms with Gasteiger partial charge in [-0.3, -0.25) is 9.59 Å². The summed E-state index contributed by atoms with van der Waals surface area (Å²) in [5.74, 6) is 0.727. The molecule has 0 aliphatic carbocycles. The molecule has 0 spiro atoms. The van der Waals surface area contributed by atoms with E-state index in [2.05, 4.69) is 15.8 Å². The summed E-state index contributed by atoms with van der Waals surface area (Å²) in [6.07, 6.45) is 1.45. The van der Waals surface area contributed by atoms with E-state index < -0.39 is 5.91 Å². The highest BCUT2D eigenvalue weighted by molar-refractivity contribution is 5.96. The molecule has 33 heavy (non-hydrogen) atoms. The highest BCUT2D eigenvalue weighted by Gasteiger charge is 2.10. The molecule has 0 saturated carbocycles. The molecule has 3 rings (SSSR count). The van der Waals surface area contributed by atoms with Crippen LogP contribution in [0.5, 0.6) is 17.2 Å². The van der Waals surface area contributed by atoms with Crippen molar-refractivity contribution in [2.75, 3.05) is 26.1 Å². The molecule has 3 aromatic carbocycles. The maximum atomic E-state index is 12.4. The number of anilines is 1. The molecule has 2 N–H and O–H groups in total. The summed E-state index contributed by atoms with van der Waals surface area (Å²) in [6, 6.07) is 19.4. The predicted octanol–water partition coefficient (Wildman–Crippen LogP) is 3.79. The van der Waals surface area contributed by atoms with Crippen molar-refractivity contribution < 1.29 is 23.8 Å². The number of aryl methyl sites for hydroxylation is 1. The molecule has 8 heteroatoms. The quantitative estimate of drug-likeness (QED) is 0.384. The fraction of sp³-hybridized carbons (Fsp3) is 0.160. The first kappa shape index (κ1) is 23.3. The Morgan fingerprint density at radius 1 is 0.909 bits per heavy atom. The van der Waals surface area contributed by atoms with E-state index in [0.717, 1.165) is 5.56 Å². The summed E-state index contributed by atoms with van der Waals surface area (Å²) in [7, 11) is 3.02. The summed E-state index contributed by atoms with van der Waals surface area (Å²) in [5.41, 5.74) is 5.19. The van der Waals surface area contributed by atoms with Crippen molar-refractivity contribution in [2.24, 2.45) is 5.10 Å². The first-order valence-corrected chi connectivity index (χ1v) is 10.1. The Balaban J connectivity index is 1.59. The van der Waals surface area contributed by atoms with Gasteiger partial charge in [-0.1, -0.05) is 24.3 Å². The maximum Gasteiger partial charge on any atom is 0.271 e. The predicted molar refractivity (Wildman–Crippen MR) is 126 cm³/mol. The summed E-state index contributed by atoms with van der Waals surface area (Å²) in [6.45, 7) is 1.78. The number of carbonyl (C=O) groups is 2. The molecule has 0 saturated heterocycles. The Morgan fingerprint density at radius 3 is 2.45 bits per heavy atom. The van der Waals surface area contributed by atoms with Crippen LogP contribution < -0.4 is 25.0 Å². The van der Waals surface area contributed by atoms with Gasteiger partial charge in [0, 0.05) is 16.8 Å². The minimum atomic E-state index is -0.414. The second kappa shape index (κ2) is 11.3. The number of para-hydroxylation sites is 1. The van der Waals surface area contributed by atoms with Crippen molar-refractivity contribution in [3.05, 3.63) is 83.4 Å². The van der Waals surface area contributed by atoms with E-state index in [1.807, 2.05) is 31.2 Å². The standard InChI is InChI=1S/C25H25N3O5/c1-17-7-6-9-20(13-17)27-24(29)16-33-21-10-5-4-8-19(21)15-26-28-25(30)18-11-12-22(31-2)23(14-18)32-3/h4-15H,16H2,1-3H3,(H,27,29)(H,28,30)/b26-15+. The molecule has 2 amide bonds. The van der Waals surface area contributed by atoms with Crippen molar-refractivity contribution in [2.45, 2.75) is 6.92 Å². The number of methoxy groups -OCH3 is 2. The minimum Gasteiger partial charge on any atom is -0.493 e. The Hall–Kier alpha value is -4.33. The van der Waals surface area contributed by atoms with Crippen molar-refractivity contribution in [3.8, 4) is 17.2 Å². The molecule has 170 valence electrons. The molecule has 3 aromatic rings. The zero-order valence-corrected chi connectivity index (χ0v) is 18.6. The Bertz CT molecular complexity index is 1160. The average Bonchev–Trinajstić information content (AvgIpc) is 2.82. The van der Waals surface area contributed by atoms with E-state index in [-0.39, 0.29) is 12.5 Å². The summed E-state index contributed by atoms with van der Waals surface area (Å²) in [5, 5.41) is 6.80. The number of rotatable bonds is 9. The monoisotopic (exact) mass is 447 g/mol. The smallest absolute Gasteiger partial charge is 0.271 e. The van der Waals surface area contributed by atoms with Crippen LogP contribution in [0.25, 0.3) is 0 Å². The van der Waals surface area contributed by atoms with Crippen molar-refractivity contribution in [3.63, 3.8) is 0 Å². The third-order valence-electron chi connectivity index (χ3n) is 4.60. The van der Waals surface area contributed by atoms with Gasteiger partial charge in [0.2, 0.25) is 0 Å². The Labute approximate surface area is 192 Å². The Morgan fingerprint density at radius 2 is 1.70 bits per heavy atom. The van der Waals surface area contributed by atoms with Gasteiger partial charge >= 0.3 is 0 Å². The first-order chi connectivity index (χ1) is 16.0. The lowest BCUT2D eigenvalue weighted by molar-refractivity contribution is -0.118. The molecule has 0 aliphatic heterocycles. The number of ether oxygens (including phenoxy) is 3. The Kier molecular flexibility index (Phi) is 8.02. The molecular weight excluding hydrogens is 422 g/mol. The van der Waals surface area contributed by atoms with Crippen molar-refractivity contribution in [1.82, 2.24) is 5.43 Å². The zero-order chi connectivity index (χ0) is 23.6. The summed E-state index contributed by atoms with van der Waals surface area (Å²) in [4.78, 5) is 24.6. The van der Waals surface area contributed by atoms with Crippen LogP contribution in [0.15, 0.2) is 71.8 Å². The van der Waals surface area contributed by atoms with E-state index in [4.69, 9.17) is 14.2 Å². The van der Waals surface area contributed by atoms with E-state index >= 15 is 0 Å². The number of hydrazone groups is 1. The van der Waals surface area contributed by atoms with Crippen LogP contribution >= 0.6 is 0 Å².